The van der Waals surface area contributed by atoms with Gasteiger partial charge in [0.15, 0.2) is 0 Å². The molecule has 2 aliphatic rings. The highest BCUT2D eigenvalue weighted by Gasteiger charge is 2.50. The van der Waals surface area contributed by atoms with Gasteiger partial charge in [-0.05, 0) is 25.7 Å². The monoisotopic (exact) mass is 184 g/mol. The van der Waals surface area contributed by atoms with Crippen LogP contribution < -0.4 is 0 Å². The van der Waals surface area contributed by atoms with Gasteiger partial charge in [0.25, 0.3) is 0 Å². The Hall–Kier alpha value is -0.570. The number of cyclic esters (lactones) is 1. The Morgan fingerprint density at radius 2 is 2.31 bits per heavy atom. The fourth-order valence-electron chi connectivity index (χ4n) is 2.69. The van der Waals surface area contributed by atoms with Crippen molar-refractivity contribution in [2.45, 2.75) is 32.3 Å². The van der Waals surface area contributed by atoms with Crippen LogP contribution in [0.15, 0.2) is 0 Å². The zero-order valence-electron chi connectivity index (χ0n) is 8.12. The van der Waals surface area contributed by atoms with E-state index in [9.17, 15) is 9.90 Å². The summed E-state index contributed by atoms with van der Waals surface area (Å²) in [5.41, 5.74) is -0.625. The molecule has 0 unspecified atom stereocenters. The summed E-state index contributed by atoms with van der Waals surface area (Å²) in [4.78, 5) is 11.2. The van der Waals surface area contributed by atoms with E-state index in [1.54, 1.807) is 0 Å². The molecule has 74 valence electrons. The molecular formula is C10H16O3. The molecule has 0 bridgehead atoms. The molecule has 1 aliphatic carbocycles. The summed E-state index contributed by atoms with van der Waals surface area (Å²) in [5.74, 6) is 0.350. The number of ether oxygens (including phenoxy) is 1. The summed E-state index contributed by atoms with van der Waals surface area (Å²) in [6.07, 6.45) is 1.75. The summed E-state index contributed by atoms with van der Waals surface area (Å²) in [7, 11) is 0. The molecule has 3 heteroatoms. The van der Waals surface area contributed by atoms with Crippen LogP contribution in [0.5, 0.6) is 0 Å². The van der Waals surface area contributed by atoms with E-state index in [1.807, 2.05) is 13.8 Å². The van der Waals surface area contributed by atoms with Crippen molar-refractivity contribution < 1.29 is 14.6 Å². The van der Waals surface area contributed by atoms with Crippen molar-refractivity contribution in [1.29, 1.82) is 0 Å². The standard InChI is InChI=1S/C10H16O3/c1-6-7-3-4-10(2,12)8(7)5-13-9(6)11/h6-8,12H,3-5H2,1-2H3/t6-,7-,8+,10-/m1/s1. The lowest BCUT2D eigenvalue weighted by molar-refractivity contribution is -0.164. The number of carbonyl (C=O) groups excluding carboxylic acids is 1. The number of hydrogen-bond acceptors (Lipinski definition) is 3. The van der Waals surface area contributed by atoms with Gasteiger partial charge in [0.1, 0.15) is 0 Å². The maximum Gasteiger partial charge on any atom is 0.308 e. The Kier molecular flexibility index (Phi) is 1.88. The van der Waals surface area contributed by atoms with Crippen molar-refractivity contribution in [2.24, 2.45) is 17.8 Å². The van der Waals surface area contributed by atoms with E-state index in [4.69, 9.17) is 4.74 Å². The Bertz CT molecular complexity index is 234. The van der Waals surface area contributed by atoms with E-state index in [1.165, 1.54) is 0 Å². The van der Waals surface area contributed by atoms with E-state index < -0.39 is 5.60 Å². The molecule has 1 heterocycles. The molecule has 1 saturated heterocycles. The highest BCUT2D eigenvalue weighted by Crippen LogP contribution is 2.46. The van der Waals surface area contributed by atoms with Crippen molar-refractivity contribution in [3.05, 3.63) is 0 Å². The van der Waals surface area contributed by atoms with Crippen molar-refractivity contribution in [3.8, 4) is 0 Å². The molecule has 3 nitrogen and oxygen atoms in total. The predicted octanol–water partition coefficient (Wildman–Crippen LogP) is 0.956. The molecule has 0 aromatic carbocycles. The van der Waals surface area contributed by atoms with Crippen molar-refractivity contribution in [2.75, 3.05) is 6.61 Å². The molecule has 13 heavy (non-hydrogen) atoms. The van der Waals surface area contributed by atoms with Crippen LogP contribution in [0.1, 0.15) is 26.7 Å². The van der Waals surface area contributed by atoms with Crippen LogP contribution in [0.3, 0.4) is 0 Å². The number of carbonyl (C=O) groups is 1. The third-order valence-electron chi connectivity index (χ3n) is 3.72. The first kappa shape index (κ1) is 9.00. The van der Waals surface area contributed by atoms with Crippen LogP contribution >= 0.6 is 0 Å². The minimum Gasteiger partial charge on any atom is -0.465 e. The molecule has 4 atom stereocenters. The lowest BCUT2D eigenvalue weighted by Gasteiger charge is -2.35. The second-order valence-electron chi connectivity index (χ2n) is 4.58. The van der Waals surface area contributed by atoms with E-state index >= 15 is 0 Å². The summed E-state index contributed by atoms with van der Waals surface area (Å²) in [6.45, 7) is 4.16. The average Bonchev–Trinajstić information content (AvgIpc) is 2.35. The van der Waals surface area contributed by atoms with Gasteiger partial charge in [-0.3, -0.25) is 4.79 Å². The number of hydrogen-bond donors (Lipinski definition) is 1. The molecular weight excluding hydrogens is 168 g/mol. The quantitative estimate of drug-likeness (QED) is 0.570. The largest absolute Gasteiger partial charge is 0.465 e. The molecule has 0 radical (unpaired) electrons. The lowest BCUT2D eigenvalue weighted by Crippen LogP contribution is -2.43. The molecule has 0 amide bonds. The second-order valence-corrected chi connectivity index (χ2v) is 4.58. The van der Waals surface area contributed by atoms with Gasteiger partial charge in [-0.1, -0.05) is 6.92 Å². The SMILES string of the molecule is C[C@H]1C(=O)OC[C@H]2[C@@H]1CC[C@@]2(C)O. The van der Waals surface area contributed by atoms with E-state index in [0.29, 0.717) is 12.5 Å². The third kappa shape index (κ3) is 1.26. The summed E-state index contributed by atoms with van der Waals surface area (Å²) in [6, 6.07) is 0. The molecule has 2 fully saturated rings. The first-order valence-electron chi connectivity index (χ1n) is 4.91. The van der Waals surface area contributed by atoms with Crippen molar-refractivity contribution in [1.82, 2.24) is 0 Å². The number of esters is 1. The van der Waals surface area contributed by atoms with Gasteiger partial charge in [0.2, 0.25) is 0 Å². The number of rotatable bonds is 0. The highest BCUT2D eigenvalue weighted by atomic mass is 16.5. The number of fused-ring (bicyclic) bond motifs is 1. The van der Waals surface area contributed by atoms with Gasteiger partial charge in [0.05, 0.1) is 18.1 Å². The van der Waals surface area contributed by atoms with E-state index in [-0.39, 0.29) is 17.8 Å². The predicted molar refractivity (Wildman–Crippen MR) is 47.0 cm³/mol. The fourth-order valence-corrected chi connectivity index (χ4v) is 2.69. The van der Waals surface area contributed by atoms with Crippen LogP contribution in [-0.4, -0.2) is 23.3 Å². The summed E-state index contributed by atoms with van der Waals surface area (Å²) < 4.78 is 5.04. The van der Waals surface area contributed by atoms with Crippen LogP contribution in [0.2, 0.25) is 0 Å². The molecule has 0 spiro atoms. The van der Waals surface area contributed by atoms with Crippen molar-refractivity contribution >= 4 is 5.97 Å². The molecule has 0 aromatic heterocycles. The Morgan fingerprint density at radius 1 is 1.62 bits per heavy atom. The molecule has 1 N–H and O–H groups in total. The third-order valence-corrected chi connectivity index (χ3v) is 3.72. The molecule has 1 aliphatic heterocycles. The van der Waals surface area contributed by atoms with Crippen molar-refractivity contribution in [3.63, 3.8) is 0 Å². The summed E-state index contributed by atoms with van der Waals surface area (Å²) in [5, 5.41) is 10.0. The van der Waals surface area contributed by atoms with Gasteiger partial charge in [-0.2, -0.15) is 0 Å². The Morgan fingerprint density at radius 3 is 3.00 bits per heavy atom. The lowest BCUT2D eigenvalue weighted by atomic mass is 9.79. The normalized spacial score (nSPS) is 50.1. The molecule has 2 rings (SSSR count). The average molecular weight is 184 g/mol. The van der Waals surface area contributed by atoms with E-state index in [2.05, 4.69) is 0 Å². The van der Waals surface area contributed by atoms with Crippen LogP contribution in [0, 0.1) is 17.8 Å². The van der Waals surface area contributed by atoms with E-state index in [0.717, 1.165) is 12.8 Å². The van der Waals surface area contributed by atoms with Gasteiger partial charge in [-0.25, -0.2) is 0 Å². The van der Waals surface area contributed by atoms with Gasteiger partial charge in [0, 0.05) is 5.92 Å². The summed E-state index contributed by atoms with van der Waals surface area (Å²) >= 11 is 0. The first-order valence-corrected chi connectivity index (χ1v) is 4.91. The molecule has 1 saturated carbocycles. The smallest absolute Gasteiger partial charge is 0.308 e. The Labute approximate surface area is 78.1 Å². The van der Waals surface area contributed by atoms with Gasteiger partial charge in [-0.15, -0.1) is 0 Å². The first-order chi connectivity index (χ1) is 6.02. The van der Waals surface area contributed by atoms with Crippen LogP contribution in [0.25, 0.3) is 0 Å². The minimum absolute atomic E-state index is 0.0345. The zero-order valence-corrected chi connectivity index (χ0v) is 8.12. The van der Waals surface area contributed by atoms with Gasteiger partial charge >= 0.3 is 5.97 Å². The Balaban J connectivity index is 2.20. The van der Waals surface area contributed by atoms with Gasteiger partial charge < -0.3 is 9.84 Å². The zero-order chi connectivity index (χ0) is 9.64. The number of aliphatic hydroxyl groups is 1. The highest BCUT2D eigenvalue weighted by molar-refractivity contribution is 5.73. The maximum atomic E-state index is 11.2. The van der Waals surface area contributed by atoms with Crippen LogP contribution in [-0.2, 0) is 9.53 Å². The topological polar surface area (TPSA) is 46.5 Å². The maximum absolute atomic E-state index is 11.2. The van der Waals surface area contributed by atoms with Crippen LogP contribution in [0.4, 0.5) is 0 Å². The molecule has 0 aromatic rings. The second kappa shape index (κ2) is 2.71. The fraction of sp³-hybridized carbons (Fsp3) is 0.900. The minimum atomic E-state index is -0.625.